The average molecular weight is 580 g/mol. The number of carbonyl (C=O) groups is 1. The minimum atomic E-state index is -0.680. The first-order chi connectivity index (χ1) is 19.2. The van der Waals surface area contributed by atoms with Crippen LogP contribution in [0.5, 0.6) is 5.88 Å². The van der Waals surface area contributed by atoms with Crippen LogP contribution in [-0.4, -0.2) is 44.1 Å². The fraction of sp³-hybridized carbons (Fsp3) is 0.259. The fourth-order valence-corrected chi connectivity index (χ4v) is 5.46. The van der Waals surface area contributed by atoms with E-state index in [-0.39, 0.29) is 28.3 Å². The van der Waals surface area contributed by atoms with Crippen molar-refractivity contribution in [2.75, 3.05) is 18.0 Å². The average Bonchev–Trinajstić information content (AvgIpc) is 3.71. The predicted octanol–water partition coefficient (Wildman–Crippen LogP) is 4.01. The zero-order valence-electron chi connectivity index (χ0n) is 21.5. The number of fused-ring (bicyclic) bond motifs is 1. The number of aryl methyl sites for hydroxylation is 1. The Bertz CT molecular complexity index is 1720. The van der Waals surface area contributed by atoms with Crippen LogP contribution in [0.2, 0.25) is 5.15 Å². The van der Waals surface area contributed by atoms with Crippen molar-refractivity contribution in [2.24, 2.45) is 7.05 Å². The maximum Gasteiger partial charge on any atom is 0.263 e. The lowest BCUT2D eigenvalue weighted by atomic mass is 10.1. The Kier molecular flexibility index (Phi) is 7.60. The molecule has 0 bridgehead atoms. The molecular weight excluding hydrogens is 557 g/mol. The van der Waals surface area contributed by atoms with Crippen LogP contribution in [-0.2, 0) is 13.6 Å². The summed E-state index contributed by atoms with van der Waals surface area (Å²) < 4.78 is 23.1. The largest absolute Gasteiger partial charge is 0.474 e. The van der Waals surface area contributed by atoms with E-state index in [1.807, 2.05) is 23.5 Å². The molecule has 204 valence electrons. The molecule has 1 aliphatic carbocycles. The van der Waals surface area contributed by atoms with Gasteiger partial charge in [-0.1, -0.05) is 23.7 Å². The summed E-state index contributed by atoms with van der Waals surface area (Å²) in [6.07, 6.45) is 3.30. The number of carbonyl (C=O) groups excluding carboxylic acids is 1. The number of nitrogens with one attached hydrogen (secondary N) is 1. The van der Waals surface area contributed by atoms with Crippen LogP contribution >= 0.6 is 23.5 Å². The van der Waals surface area contributed by atoms with E-state index in [4.69, 9.17) is 21.6 Å². The Morgan fingerprint density at radius 2 is 2.12 bits per heavy atom. The van der Waals surface area contributed by atoms with Crippen molar-refractivity contribution in [1.29, 1.82) is 5.26 Å². The number of rotatable bonds is 9. The lowest BCUT2D eigenvalue weighted by Gasteiger charge is -2.23. The summed E-state index contributed by atoms with van der Waals surface area (Å²) in [5.41, 5.74) is 0.127. The van der Waals surface area contributed by atoms with E-state index in [2.05, 4.69) is 20.5 Å². The van der Waals surface area contributed by atoms with Gasteiger partial charge in [-0.05, 0) is 60.7 Å². The van der Waals surface area contributed by atoms with Gasteiger partial charge in [-0.15, -0.1) is 5.10 Å². The van der Waals surface area contributed by atoms with Crippen LogP contribution in [0.1, 0.15) is 34.3 Å². The van der Waals surface area contributed by atoms with Crippen LogP contribution in [0, 0.1) is 17.1 Å². The molecule has 1 amide bonds. The number of nitrogens with zero attached hydrogens (tertiary/aromatic N) is 6. The minimum Gasteiger partial charge on any atom is -0.474 e. The minimum absolute atomic E-state index is 0.0233. The van der Waals surface area contributed by atoms with Gasteiger partial charge in [-0.25, -0.2) is 9.37 Å². The summed E-state index contributed by atoms with van der Waals surface area (Å²) in [6.45, 7) is 0.304. The highest BCUT2D eigenvalue weighted by Crippen LogP contribution is 2.50. The highest BCUT2D eigenvalue weighted by atomic mass is 35.5. The Morgan fingerprint density at radius 3 is 2.83 bits per heavy atom. The van der Waals surface area contributed by atoms with Crippen molar-refractivity contribution in [2.45, 2.75) is 24.1 Å². The highest BCUT2D eigenvalue weighted by Gasteiger charge is 2.46. The molecule has 0 atom stereocenters. The maximum absolute atomic E-state index is 13.9. The van der Waals surface area contributed by atoms with E-state index >= 15 is 0 Å². The van der Waals surface area contributed by atoms with Gasteiger partial charge < -0.3 is 18.9 Å². The maximum atomic E-state index is 13.9. The number of hydrogen-bond acceptors (Lipinski definition) is 9. The molecule has 1 fully saturated rings. The topological polar surface area (TPSA) is 126 Å². The first-order valence-electron chi connectivity index (χ1n) is 12.2. The fourth-order valence-electron chi connectivity index (χ4n) is 4.13. The van der Waals surface area contributed by atoms with E-state index in [0.717, 1.165) is 18.7 Å². The Balaban J connectivity index is 1.31. The normalized spacial score (nSPS) is 13.5. The van der Waals surface area contributed by atoms with Gasteiger partial charge >= 0.3 is 0 Å². The summed E-state index contributed by atoms with van der Waals surface area (Å²) in [5.74, 6) is -0.391. The van der Waals surface area contributed by atoms with Crippen LogP contribution in [0.25, 0.3) is 10.9 Å². The summed E-state index contributed by atoms with van der Waals surface area (Å²) in [7, 11) is 3.45. The summed E-state index contributed by atoms with van der Waals surface area (Å²) in [6, 6.07) is 12.7. The third kappa shape index (κ3) is 5.71. The quantitative estimate of drug-likeness (QED) is 0.231. The Hall–Kier alpha value is -4.21. The molecule has 4 aromatic rings. The molecule has 10 nitrogen and oxygen atoms in total. The molecule has 0 unspecified atom stereocenters. The third-order valence-corrected chi connectivity index (χ3v) is 8.06. The number of amides is 1. The number of aromatic nitrogens is 4. The van der Waals surface area contributed by atoms with Crippen molar-refractivity contribution in [1.82, 2.24) is 25.1 Å². The molecule has 1 aliphatic rings. The number of halogens is 2. The zero-order valence-corrected chi connectivity index (χ0v) is 23.1. The molecule has 0 saturated heterocycles. The lowest BCUT2D eigenvalue weighted by molar-refractivity contribution is 0.0949. The van der Waals surface area contributed by atoms with Crippen molar-refractivity contribution in [3.8, 4) is 11.9 Å². The number of benzene rings is 1. The van der Waals surface area contributed by atoms with E-state index in [1.165, 1.54) is 42.1 Å². The van der Waals surface area contributed by atoms with Gasteiger partial charge in [0.05, 0.1) is 16.5 Å². The zero-order chi connectivity index (χ0) is 28.4. The van der Waals surface area contributed by atoms with Crippen molar-refractivity contribution < 1.29 is 13.9 Å². The van der Waals surface area contributed by atoms with Crippen molar-refractivity contribution >= 4 is 46.2 Å². The van der Waals surface area contributed by atoms with Crippen LogP contribution in [0.15, 0.2) is 53.5 Å². The SMILES string of the molecule is CN(SC1(COc2nncc3cc(C(=O)NCc4ccc(C#N)c(F)c4)c(=O)n(C)c23)CC1)c1cccc(Cl)n1. The standard InChI is InChI=1S/C27H23ClFN7O3S/c1-35-23-18(11-19(26(35)38)24(37)31-13-16-6-7-17(12-30)20(29)10-16)14-32-34-25(23)39-15-27(8-9-27)40-36(2)22-5-3-4-21(28)33-22/h3-7,10-11,14H,8-9,13,15H2,1-2H3,(H,31,37). The number of nitriles is 1. The molecule has 1 saturated carbocycles. The number of ether oxygens (including phenoxy) is 1. The molecule has 1 N–H and O–H groups in total. The van der Waals surface area contributed by atoms with Gasteiger partial charge in [0, 0.05) is 26.0 Å². The molecular formula is C27H23ClFN7O3S. The van der Waals surface area contributed by atoms with Gasteiger partial charge in [0.15, 0.2) is 0 Å². The molecule has 1 aromatic carbocycles. The molecule has 0 spiro atoms. The monoisotopic (exact) mass is 579 g/mol. The van der Waals surface area contributed by atoms with Crippen LogP contribution in [0.3, 0.4) is 0 Å². The number of hydrogen-bond donors (Lipinski definition) is 1. The third-order valence-electron chi connectivity index (χ3n) is 6.48. The second-order valence-electron chi connectivity index (χ2n) is 9.36. The van der Waals surface area contributed by atoms with Gasteiger partial charge in [-0.3, -0.25) is 9.59 Å². The number of pyridine rings is 2. The van der Waals surface area contributed by atoms with E-state index in [9.17, 15) is 14.0 Å². The predicted molar refractivity (Wildman–Crippen MR) is 150 cm³/mol. The summed E-state index contributed by atoms with van der Waals surface area (Å²) in [5, 5.41) is 20.5. The second kappa shape index (κ2) is 11.1. The van der Waals surface area contributed by atoms with Gasteiger partial charge in [-0.2, -0.15) is 10.4 Å². The summed E-state index contributed by atoms with van der Waals surface area (Å²) in [4.78, 5) is 30.4. The van der Waals surface area contributed by atoms with E-state index in [1.54, 1.807) is 24.1 Å². The first kappa shape index (κ1) is 27.4. The van der Waals surface area contributed by atoms with Crippen molar-refractivity contribution in [3.05, 3.63) is 86.7 Å². The first-order valence-corrected chi connectivity index (χ1v) is 13.4. The molecule has 0 aliphatic heterocycles. The van der Waals surface area contributed by atoms with Crippen LogP contribution in [0.4, 0.5) is 10.2 Å². The lowest BCUT2D eigenvalue weighted by Crippen LogP contribution is -2.32. The highest BCUT2D eigenvalue weighted by molar-refractivity contribution is 8.02. The Labute approximate surface area is 237 Å². The van der Waals surface area contributed by atoms with E-state index < -0.39 is 17.3 Å². The van der Waals surface area contributed by atoms with E-state index in [0.29, 0.717) is 28.2 Å². The second-order valence-corrected chi connectivity index (χ2v) is 11.3. The molecule has 5 rings (SSSR count). The summed E-state index contributed by atoms with van der Waals surface area (Å²) >= 11 is 7.63. The molecule has 0 radical (unpaired) electrons. The smallest absolute Gasteiger partial charge is 0.263 e. The van der Waals surface area contributed by atoms with Gasteiger partial charge in [0.25, 0.3) is 17.3 Å². The molecule has 40 heavy (non-hydrogen) atoms. The van der Waals surface area contributed by atoms with Crippen molar-refractivity contribution in [3.63, 3.8) is 0 Å². The molecule has 13 heteroatoms. The van der Waals surface area contributed by atoms with Gasteiger partial charge in [0.1, 0.15) is 40.5 Å². The molecule has 3 heterocycles. The van der Waals surface area contributed by atoms with Gasteiger partial charge in [0.2, 0.25) is 0 Å². The van der Waals surface area contributed by atoms with Crippen LogP contribution < -0.4 is 19.9 Å². The number of anilines is 1. The Morgan fingerprint density at radius 1 is 1.32 bits per heavy atom. The molecule has 3 aromatic heterocycles.